The first kappa shape index (κ1) is 18.6. The molecule has 3 heterocycles. The number of hydrogen-bond acceptors (Lipinski definition) is 6. The highest BCUT2D eigenvalue weighted by molar-refractivity contribution is 9.10. The van der Waals surface area contributed by atoms with E-state index in [1.54, 1.807) is 23.9 Å². The van der Waals surface area contributed by atoms with Crippen LogP contribution in [0, 0.1) is 5.82 Å². The molecule has 0 amide bonds. The van der Waals surface area contributed by atoms with Gasteiger partial charge in [-0.2, -0.15) is 5.10 Å². The van der Waals surface area contributed by atoms with Gasteiger partial charge in [0.05, 0.1) is 35.1 Å². The molecule has 1 unspecified atom stereocenters. The predicted molar refractivity (Wildman–Crippen MR) is 99.4 cm³/mol. The van der Waals surface area contributed by atoms with Crippen LogP contribution in [-0.2, 0) is 18.3 Å². The topological polar surface area (TPSA) is 91.4 Å². The van der Waals surface area contributed by atoms with Gasteiger partial charge in [0.2, 0.25) is 0 Å². The molecule has 0 fully saturated rings. The first-order valence-corrected chi connectivity index (χ1v) is 9.18. The third-order valence-corrected chi connectivity index (χ3v) is 5.23. The smallest absolute Gasteiger partial charge is 0.358 e. The van der Waals surface area contributed by atoms with Crippen LogP contribution in [0.5, 0.6) is 5.75 Å². The minimum Gasteiger partial charge on any atom is -0.491 e. The van der Waals surface area contributed by atoms with Gasteiger partial charge in [-0.15, -0.1) is 0 Å². The number of halogens is 2. The molecule has 0 saturated heterocycles. The second-order valence-electron chi connectivity index (χ2n) is 6.21. The number of ether oxygens (including phenoxy) is 2. The number of hydrogen-bond donors (Lipinski definition) is 1. The van der Waals surface area contributed by atoms with Crippen LogP contribution in [0.1, 0.15) is 28.0 Å². The molecule has 0 spiro atoms. The molecule has 0 saturated carbocycles. The Hall–Kier alpha value is -2.72. The summed E-state index contributed by atoms with van der Waals surface area (Å²) in [7, 11) is 2.94. The van der Waals surface area contributed by atoms with Gasteiger partial charge in [0.25, 0.3) is 0 Å². The maximum Gasteiger partial charge on any atom is 0.358 e. The second-order valence-corrected chi connectivity index (χ2v) is 7.06. The van der Waals surface area contributed by atoms with Gasteiger partial charge in [-0.1, -0.05) is 0 Å². The zero-order valence-electron chi connectivity index (χ0n) is 15.0. The maximum atomic E-state index is 14.0. The number of imidazole rings is 1. The number of aliphatic hydroxyl groups is 1. The van der Waals surface area contributed by atoms with Crippen molar-refractivity contribution in [3.05, 3.63) is 51.8 Å². The zero-order valence-corrected chi connectivity index (χ0v) is 16.6. The molecule has 2 aromatic heterocycles. The van der Waals surface area contributed by atoms with Crippen molar-refractivity contribution < 1.29 is 23.8 Å². The van der Waals surface area contributed by atoms with E-state index in [0.29, 0.717) is 29.4 Å². The number of benzene rings is 1. The van der Waals surface area contributed by atoms with Crippen LogP contribution in [0.15, 0.2) is 28.9 Å². The standard InChI is InChI=1S/C18H16BrFN4O4/c1-23-12(3-4-21-23)16(25)15-14(18(26)27-2)22-17-9-7-10(19)11(20)8-13(9)28-6-5-24(15)17/h3-4,7-8,16,25H,5-6H2,1-2H3. The quantitative estimate of drug-likeness (QED) is 0.616. The first-order chi connectivity index (χ1) is 13.4. The van der Waals surface area contributed by atoms with Gasteiger partial charge >= 0.3 is 5.97 Å². The number of nitrogens with zero attached hydrogens (tertiary/aromatic N) is 4. The van der Waals surface area contributed by atoms with E-state index in [-0.39, 0.29) is 22.5 Å². The summed E-state index contributed by atoms with van der Waals surface area (Å²) >= 11 is 3.17. The Bertz CT molecular complexity index is 1080. The number of carbonyl (C=O) groups excluding carboxylic acids is 1. The molecule has 1 aromatic carbocycles. The van der Waals surface area contributed by atoms with E-state index >= 15 is 0 Å². The van der Waals surface area contributed by atoms with E-state index in [2.05, 4.69) is 26.0 Å². The maximum absolute atomic E-state index is 14.0. The number of rotatable bonds is 3. The molecule has 1 N–H and O–H groups in total. The van der Waals surface area contributed by atoms with Crippen LogP contribution in [0.4, 0.5) is 4.39 Å². The molecule has 0 bridgehead atoms. The van der Waals surface area contributed by atoms with Crippen LogP contribution >= 0.6 is 15.9 Å². The van der Waals surface area contributed by atoms with Crippen molar-refractivity contribution in [1.82, 2.24) is 19.3 Å². The van der Waals surface area contributed by atoms with E-state index in [1.165, 1.54) is 23.9 Å². The fourth-order valence-electron chi connectivity index (χ4n) is 3.28. The van der Waals surface area contributed by atoms with Crippen molar-refractivity contribution in [2.24, 2.45) is 7.05 Å². The van der Waals surface area contributed by atoms with Crippen molar-refractivity contribution in [2.75, 3.05) is 13.7 Å². The molecule has 146 valence electrons. The molecule has 1 atom stereocenters. The lowest BCUT2D eigenvalue weighted by Gasteiger charge is -2.15. The summed E-state index contributed by atoms with van der Waals surface area (Å²) in [5.74, 6) is -0.463. The summed E-state index contributed by atoms with van der Waals surface area (Å²) in [4.78, 5) is 16.8. The normalized spacial score (nSPS) is 13.9. The Morgan fingerprint density at radius 1 is 1.46 bits per heavy atom. The monoisotopic (exact) mass is 450 g/mol. The number of carbonyl (C=O) groups is 1. The van der Waals surface area contributed by atoms with Gasteiger partial charge in [-0.3, -0.25) is 4.68 Å². The Morgan fingerprint density at radius 3 is 2.93 bits per heavy atom. The minimum absolute atomic E-state index is 0.0144. The highest BCUT2D eigenvalue weighted by Gasteiger charge is 2.32. The largest absolute Gasteiger partial charge is 0.491 e. The molecule has 1 aliphatic heterocycles. The van der Waals surface area contributed by atoms with E-state index in [0.717, 1.165) is 0 Å². The van der Waals surface area contributed by atoms with E-state index in [1.807, 2.05) is 0 Å². The second kappa shape index (κ2) is 7.02. The summed E-state index contributed by atoms with van der Waals surface area (Å²) in [6.07, 6.45) is 0.377. The van der Waals surface area contributed by atoms with Gasteiger partial charge in [0.1, 0.15) is 30.1 Å². The van der Waals surface area contributed by atoms with Crippen molar-refractivity contribution in [1.29, 1.82) is 0 Å². The highest BCUT2D eigenvalue weighted by atomic mass is 79.9. The number of aryl methyl sites for hydroxylation is 1. The number of aromatic nitrogens is 4. The Balaban J connectivity index is 1.97. The molecule has 0 radical (unpaired) electrons. The van der Waals surface area contributed by atoms with Gasteiger partial charge in [-0.05, 0) is 28.1 Å². The fraction of sp³-hybridized carbons (Fsp3) is 0.278. The first-order valence-electron chi connectivity index (χ1n) is 8.39. The van der Waals surface area contributed by atoms with Crippen LogP contribution < -0.4 is 4.74 Å². The van der Waals surface area contributed by atoms with Crippen molar-refractivity contribution >= 4 is 21.9 Å². The van der Waals surface area contributed by atoms with Crippen LogP contribution in [0.3, 0.4) is 0 Å². The summed E-state index contributed by atoms with van der Waals surface area (Å²) < 4.78 is 27.9. The lowest BCUT2D eigenvalue weighted by molar-refractivity contribution is 0.0587. The molecular formula is C18H16BrFN4O4. The van der Waals surface area contributed by atoms with Crippen LogP contribution in [-0.4, -0.2) is 44.1 Å². The lowest BCUT2D eigenvalue weighted by atomic mass is 10.1. The summed E-state index contributed by atoms with van der Waals surface area (Å²) in [5.41, 5.74) is 1.24. The SMILES string of the molecule is COC(=O)c1nc2n(c1C(O)c1ccnn1C)CCOc1cc(F)c(Br)cc1-2. The Labute approximate surface area is 167 Å². The van der Waals surface area contributed by atoms with Crippen molar-refractivity contribution in [3.63, 3.8) is 0 Å². The number of esters is 1. The minimum atomic E-state index is -1.17. The number of aliphatic hydroxyl groups excluding tert-OH is 1. The highest BCUT2D eigenvalue weighted by Crippen LogP contribution is 2.39. The third-order valence-electron chi connectivity index (χ3n) is 4.62. The third kappa shape index (κ3) is 2.89. The summed E-state index contributed by atoms with van der Waals surface area (Å²) in [5, 5.41) is 15.1. The number of methoxy groups -OCH3 is 1. The summed E-state index contributed by atoms with van der Waals surface area (Å²) in [6, 6.07) is 4.45. The van der Waals surface area contributed by atoms with Crippen molar-refractivity contribution in [2.45, 2.75) is 12.6 Å². The molecule has 8 nitrogen and oxygen atoms in total. The lowest BCUT2D eigenvalue weighted by Crippen LogP contribution is -2.18. The van der Waals surface area contributed by atoms with E-state index < -0.39 is 17.9 Å². The Morgan fingerprint density at radius 2 is 2.25 bits per heavy atom. The van der Waals surface area contributed by atoms with Gasteiger partial charge in [0.15, 0.2) is 5.69 Å². The zero-order chi connectivity index (χ0) is 20.0. The average Bonchev–Trinajstić information content (AvgIpc) is 3.23. The molecule has 28 heavy (non-hydrogen) atoms. The fourth-order valence-corrected chi connectivity index (χ4v) is 3.63. The van der Waals surface area contributed by atoms with Crippen LogP contribution in [0.25, 0.3) is 11.4 Å². The van der Waals surface area contributed by atoms with E-state index in [9.17, 15) is 14.3 Å². The van der Waals surface area contributed by atoms with Crippen LogP contribution in [0.2, 0.25) is 0 Å². The Kier molecular flexibility index (Phi) is 4.68. The molecule has 3 aromatic rings. The van der Waals surface area contributed by atoms with Gasteiger partial charge in [0, 0.05) is 19.3 Å². The molecule has 0 aliphatic carbocycles. The summed E-state index contributed by atoms with van der Waals surface area (Å²) in [6.45, 7) is 0.515. The predicted octanol–water partition coefficient (Wildman–Crippen LogP) is 2.45. The van der Waals surface area contributed by atoms with Crippen molar-refractivity contribution in [3.8, 4) is 17.1 Å². The van der Waals surface area contributed by atoms with E-state index in [4.69, 9.17) is 9.47 Å². The van der Waals surface area contributed by atoms with Gasteiger partial charge in [-0.25, -0.2) is 14.2 Å². The number of fused-ring (bicyclic) bond motifs is 3. The molecule has 1 aliphatic rings. The molecular weight excluding hydrogens is 435 g/mol. The average molecular weight is 451 g/mol. The molecule has 4 rings (SSSR count). The molecule has 10 heteroatoms. The van der Waals surface area contributed by atoms with Gasteiger partial charge < -0.3 is 19.1 Å².